The minimum Gasteiger partial charge on any atom is -0.481 e. The lowest BCUT2D eigenvalue weighted by Gasteiger charge is -2.10. The zero-order chi connectivity index (χ0) is 15.9. The largest absolute Gasteiger partial charge is 0.481 e. The Hall–Kier alpha value is -1.42. The van der Waals surface area contributed by atoms with E-state index in [1.807, 2.05) is 30.3 Å². The molecule has 6 heteroatoms. The average Bonchev–Trinajstić information content (AvgIpc) is 2.47. The number of carbonyl (C=O) groups is 1. The molecule has 0 saturated heterocycles. The SMILES string of the molecule is O=C(COc1c(Cl)cc(Cl)cc1Cl)NCCc1ccccc1. The van der Waals surface area contributed by atoms with Crippen molar-refractivity contribution in [1.82, 2.24) is 5.32 Å². The van der Waals surface area contributed by atoms with Gasteiger partial charge in [0.2, 0.25) is 0 Å². The van der Waals surface area contributed by atoms with Crippen LogP contribution in [0.5, 0.6) is 5.75 Å². The van der Waals surface area contributed by atoms with Crippen molar-refractivity contribution in [3.05, 3.63) is 63.1 Å². The van der Waals surface area contributed by atoms with E-state index in [0.29, 0.717) is 11.6 Å². The summed E-state index contributed by atoms with van der Waals surface area (Å²) in [5.74, 6) is 0.0176. The van der Waals surface area contributed by atoms with Gasteiger partial charge >= 0.3 is 0 Å². The van der Waals surface area contributed by atoms with Crippen LogP contribution in [-0.4, -0.2) is 19.1 Å². The summed E-state index contributed by atoms with van der Waals surface area (Å²) < 4.78 is 5.35. The summed E-state index contributed by atoms with van der Waals surface area (Å²) in [6.45, 7) is 0.379. The third kappa shape index (κ3) is 5.09. The third-order valence-corrected chi connectivity index (χ3v) is 3.67. The van der Waals surface area contributed by atoms with E-state index < -0.39 is 0 Å². The molecule has 0 aliphatic carbocycles. The summed E-state index contributed by atoms with van der Waals surface area (Å²) in [6, 6.07) is 12.9. The first-order valence-electron chi connectivity index (χ1n) is 6.64. The Balaban J connectivity index is 1.79. The zero-order valence-corrected chi connectivity index (χ0v) is 13.9. The minimum atomic E-state index is -0.238. The monoisotopic (exact) mass is 357 g/mol. The van der Waals surface area contributed by atoms with Gasteiger partial charge in [-0.2, -0.15) is 0 Å². The highest BCUT2D eigenvalue weighted by Crippen LogP contribution is 2.35. The zero-order valence-electron chi connectivity index (χ0n) is 11.6. The second kappa shape index (κ2) is 8.28. The maximum Gasteiger partial charge on any atom is 0.257 e. The Kier molecular flexibility index (Phi) is 6.37. The average molecular weight is 359 g/mol. The molecule has 22 heavy (non-hydrogen) atoms. The van der Waals surface area contributed by atoms with E-state index in [1.165, 1.54) is 12.1 Å². The molecule has 0 radical (unpaired) electrons. The van der Waals surface area contributed by atoms with Gasteiger partial charge < -0.3 is 10.1 Å². The molecular weight excluding hydrogens is 345 g/mol. The molecule has 0 aromatic heterocycles. The van der Waals surface area contributed by atoms with Crippen LogP contribution in [0.15, 0.2) is 42.5 Å². The molecule has 0 aliphatic rings. The smallest absolute Gasteiger partial charge is 0.257 e. The molecule has 3 nitrogen and oxygen atoms in total. The molecule has 0 spiro atoms. The molecule has 0 aliphatic heterocycles. The van der Waals surface area contributed by atoms with Crippen molar-refractivity contribution >= 4 is 40.7 Å². The highest BCUT2D eigenvalue weighted by molar-refractivity contribution is 6.40. The molecule has 116 valence electrons. The Morgan fingerprint density at radius 2 is 1.68 bits per heavy atom. The summed E-state index contributed by atoms with van der Waals surface area (Å²) in [4.78, 5) is 11.7. The van der Waals surface area contributed by atoms with Crippen LogP contribution in [0.25, 0.3) is 0 Å². The first-order chi connectivity index (χ1) is 10.6. The van der Waals surface area contributed by atoms with E-state index in [4.69, 9.17) is 39.5 Å². The van der Waals surface area contributed by atoms with Gasteiger partial charge in [-0.1, -0.05) is 65.1 Å². The number of benzene rings is 2. The Morgan fingerprint density at radius 1 is 1.05 bits per heavy atom. The van der Waals surface area contributed by atoms with Crippen molar-refractivity contribution in [2.24, 2.45) is 0 Å². The van der Waals surface area contributed by atoms with Crippen LogP contribution in [0, 0.1) is 0 Å². The van der Waals surface area contributed by atoms with Crippen molar-refractivity contribution in [3.8, 4) is 5.75 Å². The number of amides is 1. The second-order valence-electron chi connectivity index (χ2n) is 4.57. The summed E-state index contributed by atoms with van der Waals surface area (Å²) in [6.07, 6.45) is 0.759. The number of halogens is 3. The molecule has 2 aromatic carbocycles. The second-order valence-corrected chi connectivity index (χ2v) is 5.82. The van der Waals surface area contributed by atoms with Gasteiger partial charge in [0.25, 0.3) is 5.91 Å². The van der Waals surface area contributed by atoms with Crippen LogP contribution in [0.2, 0.25) is 15.1 Å². The van der Waals surface area contributed by atoms with E-state index in [0.717, 1.165) is 12.0 Å². The summed E-state index contributed by atoms with van der Waals surface area (Å²) in [5.41, 5.74) is 1.16. The number of nitrogens with one attached hydrogen (secondary N) is 1. The lowest BCUT2D eigenvalue weighted by molar-refractivity contribution is -0.123. The number of hydrogen-bond donors (Lipinski definition) is 1. The van der Waals surface area contributed by atoms with Crippen molar-refractivity contribution in [3.63, 3.8) is 0 Å². The predicted octanol–water partition coefficient (Wildman–Crippen LogP) is 4.38. The van der Waals surface area contributed by atoms with Gasteiger partial charge in [-0.15, -0.1) is 0 Å². The van der Waals surface area contributed by atoms with Gasteiger partial charge in [-0.25, -0.2) is 0 Å². The number of hydrogen-bond acceptors (Lipinski definition) is 2. The lowest BCUT2D eigenvalue weighted by atomic mass is 10.1. The molecule has 1 amide bonds. The number of carbonyl (C=O) groups excluding carboxylic acids is 1. The Morgan fingerprint density at radius 3 is 2.32 bits per heavy atom. The fourth-order valence-corrected chi connectivity index (χ4v) is 2.77. The lowest BCUT2D eigenvalue weighted by Crippen LogP contribution is -2.30. The molecule has 0 heterocycles. The van der Waals surface area contributed by atoms with Gasteiger partial charge in [0, 0.05) is 11.6 Å². The van der Waals surface area contributed by atoms with E-state index in [9.17, 15) is 4.79 Å². The normalized spacial score (nSPS) is 10.3. The van der Waals surface area contributed by atoms with Crippen LogP contribution in [0.4, 0.5) is 0 Å². The number of ether oxygens (including phenoxy) is 1. The fourth-order valence-electron chi connectivity index (χ4n) is 1.85. The van der Waals surface area contributed by atoms with E-state index in [1.54, 1.807) is 0 Å². The molecule has 2 rings (SSSR count). The molecule has 0 saturated carbocycles. The first-order valence-corrected chi connectivity index (χ1v) is 7.77. The molecular formula is C16H14Cl3NO2. The molecule has 0 fully saturated rings. The highest BCUT2D eigenvalue weighted by atomic mass is 35.5. The quantitative estimate of drug-likeness (QED) is 0.832. The van der Waals surface area contributed by atoms with Gasteiger partial charge in [0.1, 0.15) is 0 Å². The van der Waals surface area contributed by atoms with E-state index >= 15 is 0 Å². The summed E-state index contributed by atoms with van der Waals surface area (Å²) in [7, 11) is 0. The van der Waals surface area contributed by atoms with Crippen LogP contribution in [0.1, 0.15) is 5.56 Å². The van der Waals surface area contributed by atoms with Crippen molar-refractivity contribution in [1.29, 1.82) is 0 Å². The fraction of sp³-hybridized carbons (Fsp3) is 0.188. The topological polar surface area (TPSA) is 38.3 Å². The van der Waals surface area contributed by atoms with Gasteiger partial charge in [0.05, 0.1) is 10.0 Å². The molecule has 1 N–H and O–H groups in total. The molecule has 0 unspecified atom stereocenters. The van der Waals surface area contributed by atoms with Gasteiger partial charge in [0.15, 0.2) is 12.4 Å². The maximum atomic E-state index is 11.7. The summed E-state index contributed by atoms with van der Waals surface area (Å²) >= 11 is 17.8. The molecule has 0 bridgehead atoms. The van der Waals surface area contributed by atoms with Crippen LogP contribution in [-0.2, 0) is 11.2 Å². The van der Waals surface area contributed by atoms with Gasteiger partial charge in [-0.05, 0) is 24.1 Å². The predicted molar refractivity (Wildman–Crippen MR) is 90.1 cm³/mol. The highest BCUT2D eigenvalue weighted by Gasteiger charge is 2.11. The van der Waals surface area contributed by atoms with Crippen molar-refractivity contribution in [2.75, 3.05) is 13.2 Å². The molecule has 0 atom stereocenters. The van der Waals surface area contributed by atoms with Crippen LogP contribution >= 0.6 is 34.8 Å². The van der Waals surface area contributed by atoms with E-state index in [-0.39, 0.29) is 28.3 Å². The summed E-state index contributed by atoms with van der Waals surface area (Å²) in [5, 5.41) is 3.73. The standard InChI is InChI=1S/C16H14Cl3NO2/c17-12-8-13(18)16(14(19)9-12)22-10-15(21)20-7-6-11-4-2-1-3-5-11/h1-5,8-9H,6-7,10H2,(H,20,21). The van der Waals surface area contributed by atoms with Crippen LogP contribution in [0.3, 0.4) is 0 Å². The number of rotatable bonds is 6. The van der Waals surface area contributed by atoms with Crippen molar-refractivity contribution in [2.45, 2.75) is 6.42 Å². The third-order valence-electron chi connectivity index (χ3n) is 2.89. The van der Waals surface area contributed by atoms with E-state index in [2.05, 4.69) is 5.32 Å². The Bertz CT molecular complexity index is 624. The van der Waals surface area contributed by atoms with Gasteiger partial charge in [-0.3, -0.25) is 4.79 Å². The maximum absolute atomic E-state index is 11.7. The first kappa shape index (κ1) is 16.9. The minimum absolute atomic E-state index is 0.157. The van der Waals surface area contributed by atoms with Crippen LogP contribution < -0.4 is 10.1 Å². The molecule has 2 aromatic rings. The Labute approximate surface area is 144 Å². The van der Waals surface area contributed by atoms with Crippen molar-refractivity contribution < 1.29 is 9.53 Å².